The number of para-hydroxylation sites is 2. The number of methoxy groups -OCH3 is 1. The molecule has 154 valence electrons. The predicted octanol–water partition coefficient (Wildman–Crippen LogP) is 2.85. The van der Waals surface area contributed by atoms with Gasteiger partial charge in [0, 0.05) is 38.6 Å². The topological polar surface area (TPSA) is 66.7 Å². The number of ether oxygens (including phenoxy) is 1. The lowest BCUT2D eigenvalue weighted by Crippen LogP contribution is -2.44. The van der Waals surface area contributed by atoms with Gasteiger partial charge in [-0.25, -0.2) is 4.98 Å². The molecule has 2 heterocycles. The van der Waals surface area contributed by atoms with E-state index < -0.39 is 6.55 Å². The van der Waals surface area contributed by atoms with E-state index in [1.165, 1.54) is 12.4 Å². The summed E-state index contributed by atoms with van der Waals surface area (Å²) >= 11 is 0. The van der Waals surface area contributed by atoms with Gasteiger partial charge in [0.25, 0.3) is 0 Å². The van der Waals surface area contributed by atoms with Gasteiger partial charge in [-0.3, -0.25) is 9.56 Å². The Morgan fingerprint density at radius 1 is 1.39 bits per heavy atom. The first-order chi connectivity index (χ1) is 13.1. The quantitative estimate of drug-likeness (QED) is 0.359. The monoisotopic (exact) mass is 506 g/mol. The van der Waals surface area contributed by atoms with Gasteiger partial charge in [0.15, 0.2) is 5.96 Å². The van der Waals surface area contributed by atoms with Crippen LogP contribution < -0.4 is 20.3 Å². The molecule has 1 saturated heterocycles. The van der Waals surface area contributed by atoms with Gasteiger partial charge >= 0.3 is 6.55 Å². The number of anilines is 1. The molecule has 0 aliphatic carbocycles. The molecule has 3 rings (SSSR count). The molecule has 1 aliphatic heterocycles. The van der Waals surface area contributed by atoms with Gasteiger partial charge in [-0.05, 0) is 18.6 Å². The fourth-order valence-electron chi connectivity index (χ4n) is 3.20. The van der Waals surface area contributed by atoms with E-state index in [9.17, 15) is 8.78 Å². The summed E-state index contributed by atoms with van der Waals surface area (Å²) in [5, 5.41) is 6.40. The fraction of sp³-hybridized carbons (Fsp3) is 0.444. The third-order valence-electron chi connectivity index (χ3n) is 4.55. The van der Waals surface area contributed by atoms with Gasteiger partial charge in [-0.2, -0.15) is 8.78 Å². The predicted molar refractivity (Wildman–Crippen MR) is 116 cm³/mol. The van der Waals surface area contributed by atoms with Crippen molar-refractivity contribution in [2.24, 2.45) is 4.99 Å². The molecule has 0 saturated carbocycles. The zero-order chi connectivity index (χ0) is 19.2. The number of aliphatic imine (C=N–C) groups is 1. The number of alkyl halides is 2. The van der Waals surface area contributed by atoms with Crippen molar-refractivity contribution in [3.8, 4) is 5.75 Å². The van der Waals surface area contributed by atoms with Crippen LogP contribution >= 0.6 is 24.0 Å². The highest BCUT2D eigenvalue weighted by Gasteiger charge is 2.25. The highest BCUT2D eigenvalue weighted by atomic mass is 127. The van der Waals surface area contributed by atoms with Crippen molar-refractivity contribution < 1.29 is 13.5 Å². The van der Waals surface area contributed by atoms with Gasteiger partial charge in [0.05, 0.1) is 19.3 Å². The number of nitrogens with one attached hydrogen (secondary N) is 2. The van der Waals surface area contributed by atoms with Crippen LogP contribution in [-0.4, -0.2) is 48.8 Å². The van der Waals surface area contributed by atoms with Crippen LogP contribution in [0.25, 0.3) is 0 Å². The zero-order valence-electron chi connectivity index (χ0n) is 15.8. The van der Waals surface area contributed by atoms with E-state index in [1.54, 1.807) is 14.2 Å². The molecule has 2 aromatic rings. The summed E-state index contributed by atoms with van der Waals surface area (Å²) in [7, 11) is 3.32. The second-order valence-electron chi connectivity index (χ2n) is 6.20. The first-order valence-electron chi connectivity index (χ1n) is 8.77. The molecule has 1 fully saturated rings. The van der Waals surface area contributed by atoms with Crippen LogP contribution in [0.3, 0.4) is 0 Å². The maximum Gasteiger partial charge on any atom is 0.319 e. The summed E-state index contributed by atoms with van der Waals surface area (Å²) < 4.78 is 32.1. The molecule has 10 heteroatoms. The third-order valence-corrected chi connectivity index (χ3v) is 4.55. The number of hydrogen-bond acceptors (Lipinski definition) is 4. The maximum atomic E-state index is 12.9. The summed E-state index contributed by atoms with van der Waals surface area (Å²) in [5.74, 6) is 1.67. The Morgan fingerprint density at radius 2 is 2.18 bits per heavy atom. The average Bonchev–Trinajstić information content (AvgIpc) is 3.34. The molecule has 1 aromatic carbocycles. The standard InChI is InChI=1S/C18H24F2N6O.HI/c1-21-18(23-11-16-22-8-10-26(16)17(19)20)24-13-7-9-25(12-13)14-5-3-4-6-15(14)27-2;/h3-6,8,10,13,17H,7,9,11-12H2,1-2H3,(H2,21,23,24);1H. The van der Waals surface area contributed by atoms with Crippen LogP contribution in [0.1, 0.15) is 18.8 Å². The second kappa shape index (κ2) is 10.4. The number of guanidine groups is 1. The number of nitrogens with zero attached hydrogens (tertiary/aromatic N) is 4. The highest BCUT2D eigenvalue weighted by molar-refractivity contribution is 14.0. The first kappa shape index (κ1) is 22.2. The molecule has 1 aromatic heterocycles. The number of rotatable bonds is 6. The minimum Gasteiger partial charge on any atom is -0.495 e. The van der Waals surface area contributed by atoms with E-state index in [0.29, 0.717) is 5.96 Å². The van der Waals surface area contributed by atoms with E-state index in [4.69, 9.17) is 4.74 Å². The molecular weight excluding hydrogens is 481 g/mol. The van der Waals surface area contributed by atoms with Crippen LogP contribution in [0.15, 0.2) is 41.7 Å². The molecule has 0 spiro atoms. The van der Waals surface area contributed by atoms with Crippen molar-refractivity contribution in [2.45, 2.75) is 25.6 Å². The molecule has 0 bridgehead atoms. The van der Waals surface area contributed by atoms with Gasteiger partial charge in [-0.1, -0.05) is 12.1 Å². The first-order valence-corrected chi connectivity index (χ1v) is 8.77. The van der Waals surface area contributed by atoms with E-state index in [2.05, 4.69) is 25.5 Å². The normalized spacial score (nSPS) is 16.8. The number of aromatic nitrogens is 2. The van der Waals surface area contributed by atoms with Gasteiger partial charge in [-0.15, -0.1) is 24.0 Å². The van der Waals surface area contributed by atoms with Crippen molar-refractivity contribution in [1.82, 2.24) is 20.2 Å². The lowest BCUT2D eigenvalue weighted by atomic mass is 10.2. The lowest BCUT2D eigenvalue weighted by molar-refractivity contribution is 0.0668. The molecule has 0 amide bonds. The molecule has 28 heavy (non-hydrogen) atoms. The van der Waals surface area contributed by atoms with Crippen molar-refractivity contribution in [3.63, 3.8) is 0 Å². The number of halogens is 3. The molecule has 1 unspecified atom stereocenters. The largest absolute Gasteiger partial charge is 0.495 e. The van der Waals surface area contributed by atoms with Crippen LogP contribution in [0.4, 0.5) is 14.5 Å². The molecule has 1 atom stereocenters. The highest BCUT2D eigenvalue weighted by Crippen LogP contribution is 2.30. The lowest BCUT2D eigenvalue weighted by Gasteiger charge is -2.22. The second-order valence-corrected chi connectivity index (χ2v) is 6.20. The van der Waals surface area contributed by atoms with Crippen LogP contribution in [0.5, 0.6) is 5.75 Å². The SMILES string of the molecule is CN=C(NCc1nccn1C(F)F)NC1CCN(c2ccccc2OC)C1.I. The zero-order valence-corrected chi connectivity index (χ0v) is 18.1. The van der Waals surface area contributed by atoms with Gasteiger partial charge < -0.3 is 20.3 Å². The number of hydrogen-bond donors (Lipinski definition) is 2. The van der Waals surface area contributed by atoms with E-state index in [-0.39, 0.29) is 42.4 Å². The average molecular weight is 506 g/mol. The van der Waals surface area contributed by atoms with Crippen molar-refractivity contribution in [2.75, 3.05) is 32.1 Å². The van der Waals surface area contributed by atoms with Crippen molar-refractivity contribution >= 4 is 35.6 Å². The summed E-state index contributed by atoms with van der Waals surface area (Å²) in [6.07, 6.45) is 3.56. The van der Waals surface area contributed by atoms with E-state index >= 15 is 0 Å². The molecule has 7 nitrogen and oxygen atoms in total. The molecule has 1 aliphatic rings. The third kappa shape index (κ3) is 5.24. The van der Waals surface area contributed by atoms with E-state index in [0.717, 1.165) is 35.5 Å². The Balaban J connectivity index is 0.00000280. The maximum absolute atomic E-state index is 12.9. The molecule has 0 radical (unpaired) electrons. The van der Waals surface area contributed by atoms with E-state index in [1.807, 2.05) is 24.3 Å². The van der Waals surface area contributed by atoms with Crippen molar-refractivity contribution in [1.29, 1.82) is 0 Å². The smallest absolute Gasteiger partial charge is 0.319 e. The van der Waals surface area contributed by atoms with Crippen LogP contribution in [0.2, 0.25) is 0 Å². The summed E-state index contributed by atoms with van der Waals surface area (Å²) in [6, 6.07) is 8.11. The Labute approximate surface area is 180 Å². The Bertz CT molecular complexity index is 785. The summed E-state index contributed by atoms with van der Waals surface area (Å²) in [4.78, 5) is 10.4. The number of benzene rings is 1. The number of imidazole rings is 1. The Hall–Kier alpha value is -2.11. The summed E-state index contributed by atoms with van der Waals surface area (Å²) in [5.41, 5.74) is 1.06. The fourth-order valence-corrected chi connectivity index (χ4v) is 3.20. The van der Waals surface area contributed by atoms with Gasteiger partial charge in [0.1, 0.15) is 11.6 Å². The Morgan fingerprint density at radius 3 is 2.89 bits per heavy atom. The minimum absolute atomic E-state index is 0. The molecule has 2 N–H and O–H groups in total. The van der Waals surface area contributed by atoms with Crippen LogP contribution in [-0.2, 0) is 6.54 Å². The van der Waals surface area contributed by atoms with Crippen LogP contribution in [0, 0.1) is 0 Å². The van der Waals surface area contributed by atoms with Gasteiger partial charge in [0.2, 0.25) is 0 Å². The Kier molecular flexibility index (Phi) is 8.27. The summed E-state index contributed by atoms with van der Waals surface area (Å²) in [6.45, 7) is -0.749. The minimum atomic E-state index is -2.61. The van der Waals surface area contributed by atoms with Crippen molar-refractivity contribution in [3.05, 3.63) is 42.5 Å². The molecular formula is C18H25F2IN6O.